The fraction of sp³-hybridized carbons (Fsp3) is 0.250. The van der Waals surface area contributed by atoms with Crippen LogP contribution in [0.3, 0.4) is 0 Å². The molecule has 74 valence electrons. The second kappa shape index (κ2) is 4.50. The number of aromatic nitrogens is 1. The van der Waals surface area contributed by atoms with Gasteiger partial charge in [-0.3, -0.25) is 0 Å². The van der Waals surface area contributed by atoms with E-state index in [2.05, 4.69) is 4.98 Å². The second-order valence-electron chi connectivity index (χ2n) is 2.33. The van der Waals surface area contributed by atoms with E-state index >= 15 is 0 Å². The van der Waals surface area contributed by atoms with Crippen molar-refractivity contribution in [3.63, 3.8) is 0 Å². The molecule has 0 aliphatic rings. The van der Waals surface area contributed by atoms with Gasteiger partial charge in [0.15, 0.2) is 0 Å². The zero-order valence-electron chi connectivity index (χ0n) is 7.09. The number of halogens is 3. The van der Waals surface area contributed by atoms with Crippen molar-refractivity contribution in [2.75, 3.05) is 7.11 Å². The number of hydrogen-bond donors (Lipinski definition) is 0. The van der Waals surface area contributed by atoms with Gasteiger partial charge in [-0.15, -0.1) is 0 Å². The molecule has 1 aromatic heterocycles. The maximum Gasteiger partial charge on any atom is 0.265 e. The van der Waals surface area contributed by atoms with Crippen LogP contribution in [0.4, 0.5) is 8.78 Å². The molecule has 1 heterocycles. The Kier molecular flexibility index (Phi) is 3.57. The van der Waals surface area contributed by atoms with Gasteiger partial charge in [-0.05, 0) is 28.7 Å². The maximum absolute atomic E-state index is 12.5. The van der Waals surface area contributed by atoms with Crippen molar-refractivity contribution in [3.8, 4) is 11.9 Å². The van der Waals surface area contributed by atoms with Gasteiger partial charge in [-0.1, -0.05) is 0 Å². The summed E-state index contributed by atoms with van der Waals surface area (Å²) in [6.45, 7) is 0. The number of ether oxygens (including phenoxy) is 1. The maximum atomic E-state index is 12.5. The monoisotopic (exact) mass is 310 g/mol. The normalized spacial score (nSPS) is 10.0. The molecule has 0 aliphatic heterocycles. The SMILES string of the molecule is COc1nc(I)cc(C(F)F)c1C#N. The Labute approximate surface area is 92.8 Å². The topological polar surface area (TPSA) is 45.9 Å². The summed E-state index contributed by atoms with van der Waals surface area (Å²) in [5, 5.41) is 8.66. The largest absolute Gasteiger partial charge is 0.480 e. The predicted octanol–water partition coefficient (Wildman–Crippen LogP) is 2.50. The molecule has 0 spiro atoms. The molecule has 3 nitrogen and oxygen atoms in total. The van der Waals surface area contributed by atoms with Crippen molar-refractivity contribution in [1.29, 1.82) is 5.26 Å². The molecule has 0 fully saturated rings. The standard InChI is InChI=1S/C8H5F2IN2O/c1-14-8-5(3-12)4(7(9)10)2-6(11)13-8/h2,7H,1H3. The third kappa shape index (κ3) is 2.09. The lowest BCUT2D eigenvalue weighted by Crippen LogP contribution is -2.00. The van der Waals surface area contributed by atoms with Gasteiger partial charge in [0.05, 0.1) is 7.11 Å². The minimum atomic E-state index is -2.70. The Morgan fingerprint density at radius 1 is 1.64 bits per heavy atom. The van der Waals surface area contributed by atoms with Crippen LogP contribution in [0.25, 0.3) is 0 Å². The summed E-state index contributed by atoms with van der Waals surface area (Å²) < 4.78 is 30.1. The number of rotatable bonds is 2. The van der Waals surface area contributed by atoms with E-state index < -0.39 is 6.43 Å². The summed E-state index contributed by atoms with van der Waals surface area (Å²) in [6.07, 6.45) is -2.70. The highest BCUT2D eigenvalue weighted by Gasteiger charge is 2.19. The number of pyridine rings is 1. The molecule has 0 radical (unpaired) electrons. The smallest absolute Gasteiger partial charge is 0.265 e. The summed E-state index contributed by atoms with van der Waals surface area (Å²) in [5.74, 6) is -0.0605. The van der Waals surface area contributed by atoms with Gasteiger partial charge < -0.3 is 4.74 Å². The van der Waals surface area contributed by atoms with E-state index in [9.17, 15) is 8.78 Å². The number of alkyl halides is 2. The van der Waals surface area contributed by atoms with Crippen LogP contribution in [0.2, 0.25) is 0 Å². The molecule has 0 saturated heterocycles. The van der Waals surface area contributed by atoms with Crippen molar-refractivity contribution in [2.24, 2.45) is 0 Å². The molecule has 0 aromatic carbocycles. The first-order valence-corrected chi connectivity index (χ1v) is 4.60. The molecule has 0 bridgehead atoms. The Morgan fingerprint density at radius 2 is 2.29 bits per heavy atom. The van der Waals surface area contributed by atoms with E-state index in [0.717, 1.165) is 0 Å². The lowest BCUT2D eigenvalue weighted by molar-refractivity contribution is 0.150. The van der Waals surface area contributed by atoms with Crippen LogP contribution in [-0.2, 0) is 0 Å². The lowest BCUT2D eigenvalue weighted by Gasteiger charge is -2.07. The lowest BCUT2D eigenvalue weighted by atomic mass is 10.1. The first-order chi connectivity index (χ1) is 6.60. The Bertz CT molecular complexity index is 390. The molecule has 0 amide bonds. The Hall–Kier alpha value is -0.970. The highest BCUT2D eigenvalue weighted by molar-refractivity contribution is 14.1. The molecule has 0 aliphatic carbocycles. The minimum Gasteiger partial charge on any atom is -0.480 e. The van der Waals surface area contributed by atoms with Gasteiger partial charge >= 0.3 is 0 Å². The second-order valence-corrected chi connectivity index (χ2v) is 3.44. The highest BCUT2D eigenvalue weighted by atomic mass is 127. The van der Waals surface area contributed by atoms with Crippen LogP contribution in [0, 0.1) is 15.0 Å². The summed E-state index contributed by atoms with van der Waals surface area (Å²) in [7, 11) is 1.29. The summed E-state index contributed by atoms with van der Waals surface area (Å²) in [5.41, 5.74) is -0.549. The van der Waals surface area contributed by atoms with Crippen molar-refractivity contribution in [1.82, 2.24) is 4.98 Å². The molecule has 0 N–H and O–H groups in total. The van der Waals surface area contributed by atoms with Gasteiger partial charge in [0.25, 0.3) is 6.43 Å². The minimum absolute atomic E-state index is 0.0605. The van der Waals surface area contributed by atoms with Crippen LogP contribution >= 0.6 is 22.6 Å². The van der Waals surface area contributed by atoms with Gasteiger partial charge in [0.1, 0.15) is 15.3 Å². The number of nitriles is 1. The van der Waals surface area contributed by atoms with Gasteiger partial charge in [-0.25, -0.2) is 13.8 Å². The van der Waals surface area contributed by atoms with Gasteiger partial charge in [0.2, 0.25) is 5.88 Å². The Morgan fingerprint density at radius 3 is 2.71 bits per heavy atom. The highest BCUT2D eigenvalue weighted by Crippen LogP contribution is 2.28. The van der Waals surface area contributed by atoms with Crippen molar-refractivity contribution in [2.45, 2.75) is 6.43 Å². The van der Waals surface area contributed by atoms with Crippen molar-refractivity contribution < 1.29 is 13.5 Å². The van der Waals surface area contributed by atoms with Crippen molar-refractivity contribution >= 4 is 22.6 Å². The summed E-state index contributed by atoms with van der Waals surface area (Å²) in [6, 6.07) is 2.83. The predicted molar refractivity (Wildman–Crippen MR) is 53.2 cm³/mol. The first kappa shape index (κ1) is 11.1. The van der Waals surface area contributed by atoms with E-state index in [1.54, 1.807) is 28.7 Å². The van der Waals surface area contributed by atoms with Crippen LogP contribution in [0.5, 0.6) is 5.88 Å². The summed E-state index contributed by atoms with van der Waals surface area (Å²) in [4.78, 5) is 3.81. The average Bonchev–Trinajstić information content (AvgIpc) is 2.16. The van der Waals surface area contributed by atoms with E-state index in [4.69, 9.17) is 10.00 Å². The quantitative estimate of drug-likeness (QED) is 0.623. The number of methoxy groups -OCH3 is 1. The van der Waals surface area contributed by atoms with Gasteiger partial charge in [-0.2, -0.15) is 5.26 Å². The first-order valence-electron chi connectivity index (χ1n) is 3.52. The van der Waals surface area contributed by atoms with Crippen molar-refractivity contribution in [3.05, 3.63) is 20.9 Å². The zero-order chi connectivity index (χ0) is 10.7. The molecule has 0 saturated carbocycles. The molecule has 6 heteroatoms. The zero-order valence-corrected chi connectivity index (χ0v) is 9.25. The van der Waals surface area contributed by atoms with Crippen LogP contribution < -0.4 is 4.74 Å². The number of hydrogen-bond acceptors (Lipinski definition) is 3. The Balaban J connectivity index is 3.41. The molecule has 1 aromatic rings. The fourth-order valence-electron chi connectivity index (χ4n) is 0.941. The summed E-state index contributed by atoms with van der Waals surface area (Å²) >= 11 is 1.79. The molecular weight excluding hydrogens is 305 g/mol. The molecular formula is C8H5F2IN2O. The molecule has 0 atom stereocenters. The van der Waals surface area contributed by atoms with E-state index in [-0.39, 0.29) is 17.0 Å². The van der Waals surface area contributed by atoms with E-state index in [1.165, 1.54) is 13.2 Å². The fourth-order valence-corrected chi connectivity index (χ4v) is 1.50. The van der Waals surface area contributed by atoms with Crippen LogP contribution in [0.1, 0.15) is 17.6 Å². The van der Waals surface area contributed by atoms with Crippen LogP contribution in [0.15, 0.2) is 6.07 Å². The third-order valence-electron chi connectivity index (χ3n) is 1.53. The van der Waals surface area contributed by atoms with Gasteiger partial charge in [0, 0.05) is 5.56 Å². The average molecular weight is 310 g/mol. The number of nitrogens with zero attached hydrogens (tertiary/aromatic N) is 2. The third-order valence-corrected chi connectivity index (χ3v) is 2.08. The molecule has 0 unspecified atom stereocenters. The molecule has 1 rings (SSSR count). The van der Waals surface area contributed by atoms with E-state index in [0.29, 0.717) is 3.70 Å². The van der Waals surface area contributed by atoms with Crippen LogP contribution in [-0.4, -0.2) is 12.1 Å². The molecule has 14 heavy (non-hydrogen) atoms. The van der Waals surface area contributed by atoms with E-state index in [1.807, 2.05) is 0 Å².